The average molecular weight is 443 g/mol. The molecule has 31 heavy (non-hydrogen) atoms. The van der Waals surface area contributed by atoms with E-state index < -0.39 is 23.6 Å². The summed E-state index contributed by atoms with van der Waals surface area (Å²) in [5, 5.41) is 5.81. The molecule has 1 saturated heterocycles. The van der Waals surface area contributed by atoms with Crippen LogP contribution < -0.4 is 10.6 Å². The van der Waals surface area contributed by atoms with Gasteiger partial charge in [-0.05, 0) is 56.2 Å². The lowest BCUT2D eigenvalue weighted by molar-refractivity contribution is -0.124. The molecule has 0 radical (unpaired) electrons. The lowest BCUT2D eigenvalue weighted by Crippen LogP contribution is -2.27. The van der Waals surface area contributed by atoms with Crippen LogP contribution >= 0.6 is 11.3 Å². The Kier molecular flexibility index (Phi) is 6.06. The van der Waals surface area contributed by atoms with E-state index >= 15 is 0 Å². The summed E-state index contributed by atoms with van der Waals surface area (Å²) in [5.74, 6) is -2.53. The molecule has 1 aromatic heterocycles. The fourth-order valence-electron chi connectivity index (χ4n) is 3.28. The van der Waals surface area contributed by atoms with Crippen molar-refractivity contribution in [1.82, 2.24) is 4.98 Å². The SMILES string of the molecule is Cc1sc(NC(=O)c2cccc(NC(=O)C3CCCO3)c2)nc1-c1ccc(F)c(F)c1. The average Bonchev–Trinajstić information content (AvgIpc) is 3.40. The summed E-state index contributed by atoms with van der Waals surface area (Å²) in [6, 6.07) is 10.1. The van der Waals surface area contributed by atoms with Gasteiger partial charge < -0.3 is 10.1 Å². The highest BCUT2D eigenvalue weighted by molar-refractivity contribution is 7.16. The van der Waals surface area contributed by atoms with Gasteiger partial charge in [0.05, 0.1) is 5.69 Å². The number of rotatable bonds is 5. The van der Waals surface area contributed by atoms with E-state index in [1.54, 1.807) is 31.2 Å². The number of aromatic nitrogens is 1. The van der Waals surface area contributed by atoms with E-state index in [1.165, 1.54) is 17.4 Å². The van der Waals surface area contributed by atoms with E-state index in [2.05, 4.69) is 15.6 Å². The minimum absolute atomic E-state index is 0.234. The third-order valence-corrected chi connectivity index (χ3v) is 5.71. The number of ether oxygens (including phenoxy) is 1. The van der Waals surface area contributed by atoms with Crippen molar-refractivity contribution < 1.29 is 23.1 Å². The fraction of sp³-hybridized carbons (Fsp3) is 0.227. The maximum Gasteiger partial charge on any atom is 0.257 e. The van der Waals surface area contributed by atoms with E-state index in [-0.39, 0.29) is 5.91 Å². The van der Waals surface area contributed by atoms with E-state index in [0.29, 0.717) is 40.7 Å². The number of hydrogen-bond acceptors (Lipinski definition) is 5. The van der Waals surface area contributed by atoms with Gasteiger partial charge in [0.25, 0.3) is 11.8 Å². The van der Waals surface area contributed by atoms with Gasteiger partial charge in [-0.2, -0.15) is 0 Å². The highest BCUT2D eigenvalue weighted by Gasteiger charge is 2.23. The van der Waals surface area contributed by atoms with Crippen LogP contribution in [0.2, 0.25) is 0 Å². The lowest BCUT2D eigenvalue weighted by atomic mass is 10.1. The van der Waals surface area contributed by atoms with Gasteiger partial charge in [0, 0.05) is 28.3 Å². The van der Waals surface area contributed by atoms with Crippen LogP contribution in [0, 0.1) is 18.6 Å². The normalized spacial score (nSPS) is 15.6. The van der Waals surface area contributed by atoms with Crippen molar-refractivity contribution in [1.29, 1.82) is 0 Å². The molecule has 0 aliphatic carbocycles. The summed E-state index contributed by atoms with van der Waals surface area (Å²) in [6.45, 7) is 2.35. The summed E-state index contributed by atoms with van der Waals surface area (Å²) >= 11 is 1.23. The lowest BCUT2D eigenvalue weighted by Gasteiger charge is -2.11. The fourth-order valence-corrected chi connectivity index (χ4v) is 4.11. The Bertz CT molecular complexity index is 1140. The monoisotopic (exact) mass is 443 g/mol. The first-order valence-electron chi connectivity index (χ1n) is 9.67. The largest absolute Gasteiger partial charge is 0.368 e. The molecule has 3 aromatic rings. The van der Waals surface area contributed by atoms with Crippen LogP contribution in [0.25, 0.3) is 11.3 Å². The molecule has 1 atom stereocenters. The molecule has 9 heteroatoms. The molecule has 4 rings (SSSR count). The van der Waals surface area contributed by atoms with E-state index in [4.69, 9.17) is 4.74 Å². The van der Waals surface area contributed by atoms with Crippen LogP contribution in [0.3, 0.4) is 0 Å². The number of thiazole rings is 1. The number of hydrogen-bond donors (Lipinski definition) is 2. The number of benzene rings is 2. The Labute approximate surface area is 181 Å². The summed E-state index contributed by atoms with van der Waals surface area (Å²) in [7, 11) is 0. The van der Waals surface area contributed by atoms with Crippen LogP contribution in [-0.2, 0) is 9.53 Å². The Hall–Kier alpha value is -3.17. The molecule has 1 unspecified atom stereocenters. The van der Waals surface area contributed by atoms with Crippen molar-refractivity contribution >= 4 is 34.0 Å². The number of aryl methyl sites for hydroxylation is 1. The molecule has 160 valence electrons. The van der Waals surface area contributed by atoms with Crippen molar-refractivity contribution in [2.75, 3.05) is 17.2 Å². The summed E-state index contributed by atoms with van der Waals surface area (Å²) in [4.78, 5) is 30.0. The van der Waals surface area contributed by atoms with Crippen molar-refractivity contribution in [3.63, 3.8) is 0 Å². The Balaban J connectivity index is 1.47. The summed E-state index contributed by atoms with van der Waals surface area (Å²) < 4.78 is 32.1. The second kappa shape index (κ2) is 8.91. The number of amides is 2. The van der Waals surface area contributed by atoms with Gasteiger partial charge in [0.2, 0.25) is 0 Å². The van der Waals surface area contributed by atoms with Crippen LogP contribution in [0.15, 0.2) is 42.5 Å². The van der Waals surface area contributed by atoms with Crippen LogP contribution in [0.1, 0.15) is 28.1 Å². The van der Waals surface area contributed by atoms with Crippen molar-refractivity contribution in [2.24, 2.45) is 0 Å². The number of anilines is 2. The molecule has 2 amide bonds. The Morgan fingerprint density at radius 1 is 1.13 bits per heavy atom. The molecule has 2 heterocycles. The number of nitrogens with one attached hydrogen (secondary N) is 2. The minimum atomic E-state index is -0.961. The maximum absolute atomic E-state index is 13.6. The number of carbonyl (C=O) groups is 2. The molecule has 1 aliphatic rings. The molecular weight excluding hydrogens is 424 g/mol. The van der Waals surface area contributed by atoms with Crippen molar-refractivity contribution in [3.8, 4) is 11.3 Å². The number of halogens is 2. The first-order chi connectivity index (χ1) is 14.9. The minimum Gasteiger partial charge on any atom is -0.368 e. The second-order valence-corrected chi connectivity index (χ2v) is 8.28. The zero-order valence-electron chi connectivity index (χ0n) is 16.6. The predicted molar refractivity (Wildman–Crippen MR) is 114 cm³/mol. The van der Waals surface area contributed by atoms with Crippen molar-refractivity contribution in [2.45, 2.75) is 25.9 Å². The Morgan fingerprint density at radius 3 is 2.71 bits per heavy atom. The van der Waals surface area contributed by atoms with Crippen molar-refractivity contribution in [3.05, 3.63) is 64.5 Å². The highest BCUT2D eigenvalue weighted by atomic mass is 32.1. The van der Waals surface area contributed by atoms with Gasteiger partial charge in [-0.15, -0.1) is 11.3 Å². The zero-order chi connectivity index (χ0) is 22.0. The standard InChI is InChI=1S/C22H19F2N3O3S/c1-12-19(13-7-8-16(23)17(24)11-13)26-22(31-12)27-20(28)14-4-2-5-15(10-14)25-21(29)18-6-3-9-30-18/h2,4-5,7-8,10-11,18H,3,6,9H2,1H3,(H,25,29)(H,26,27,28). The molecule has 0 saturated carbocycles. The van der Waals surface area contributed by atoms with Crippen LogP contribution in [0.4, 0.5) is 19.6 Å². The van der Waals surface area contributed by atoms with E-state index in [0.717, 1.165) is 23.4 Å². The smallest absolute Gasteiger partial charge is 0.257 e. The molecule has 0 spiro atoms. The first kappa shape index (κ1) is 21.1. The molecule has 2 N–H and O–H groups in total. The summed E-state index contributed by atoms with van der Waals surface area (Å²) in [5.41, 5.74) is 1.72. The molecular formula is C22H19F2N3O3S. The third kappa shape index (κ3) is 4.78. The molecule has 6 nitrogen and oxygen atoms in total. The zero-order valence-corrected chi connectivity index (χ0v) is 17.4. The summed E-state index contributed by atoms with van der Waals surface area (Å²) in [6.07, 6.45) is 1.06. The molecule has 2 aromatic carbocycles. The Morgan fingerprint density at radius 2 is 1.97 bits per heavy atom. The van der Waals surface area contributed by atoms with E-state index in [9.17, 15) is 18.4 Å². The van der Waals surface area contributed by atoms with Crippen LogP contribution in [0.5, 0.6) is 0 Å². The topological polar surface area (TPSA) is 80.3 Å². The van der Waals surface area contributed by atoms with Gasteiger partial charge in [0.1, 0.15) is 6.10 Å². The quantitative estimate of drug-likeness (QED) is 0.596. The van der Waals surface area contributed by atoms with Gasteiger partial charge in [-0.1, -0.05) is 6.07 Å². The first-order valence-corrected chi connectivity index (χ1v) is 10.5. The predicted octanol–water partition coefficient (Wildman–Crippen LogP) is 4.77. The molecule has 1 aliphatic heterocycles. The second-order valence-electron chi connectivity index (χ2n) is 7.08. The molecule has 0 bridgehead atoms. The highest BCUT2D eigenvalue weighted by Crippen LogP contribution is 2.31. The number of nitrogens with zero attached hydrogens (tertiary/aromatic N) is 1. The van der Waals surface area contributed by atoms with Gasteiger partial charge >= 0.3 is 0 Å². The molecule has 1 fully saturated rings. The van der Waals surface area contributed by atoms with Gasteiger partial charge in [0.15, 0.2) is 16.8 Å². The van der Waals surface area contributed by atoms with E-state index in [1.807, 2.05) is 0 Å². The third-order valence-electron chi connectivity index (χ3n) is 4.82. The maximum atomic E-state index is 13.6. The number of carbonyl (C=O) groups excluding carboxylic acids is 2. The van der Waals surface area contributed by atoms with Gasteiger partial charge in [-0.3, -0.25) is 14.9 Å². The van der Waals surface area contributed by atoms with Crippen LogP contribution in [-0.4, -0.2) is 29.5 Å². The van der Waals surface area contributed by atoms with Gasteiger partial charge in [-0.25, -0.2) is 13.8 Å².